The van der Waals surface area contributed by atoms with Crippen LogP contribution in [0.1, 0.15) is 33.5 Å². The fourth-order valence-corrected chi connectivity index (χ4v) is 2.42. The van der Waals surface area contributed by atoms with Gasteiger partial charge in [0, 0.05) is 25.0 Å². The standard InChI is InChI=1S/C12H22N4O/c1-5-16-10(13-9-14-16)6-15-7-11(2,3)12(4,17)8-15/h9,17H,5-8H2,1-4H3/t12-/m0/s1. The van der Waals surface area contributed by atoms with Crippen LogP contribution in [-0.4, -0.2) is 43.5 Å². The summed E-state index contributed by atoms with van der Waals surface area (Å²) in [6.07, 6.45) is 1.60. The molecule has 1 fully saturated rings. The first-order chi connectivity index (χ1) is 7.86. The number of nitrogens with zero attached hydrogens (tertiary/aromatic N) is 4. The lowest BCUT2D eigenvalue weighted by Crippen LogP contribution is -2.40. The van der Waals surface area contributed by atoms with Crippen molar-refractivity contribution in [1.29, 1.82) is 0 Å². The lowest BCUT2D eigenvalue weighted by Gasteiger charge is -2.31. The van der Waals surface area contributed by atoms with Crippen LogP contribution in [0.25, 0.3) is 0 Å². The van der Waals surface area contributed by atoms with Crippen molar-refractivity contribution in [3.8, 4) is 0 Å². The monoisotopic (exact) mass is 238 g/mol. The zero-order valence-corrected chi connectivity index (χ0v) is 11.1. The molecular formula is C12H22N4O. The molecule has 5 nitrogen and oxygen atoms in total. The molecule has 1 aliphatic heterocycles. The van der Waals surface area contributed by atoms with E-state index in [1.165, 1.54) is 0 Å². The minimum absolute atomic E-state index is 0.0793. The third-order valence-corrected chi connectivity index (χ3v) is 3.97. The molecule has 5 heteroatoms. The molecule has 96 valence electrons. The molecule has 2 heterocycles. The summed E-state index contributed by atoms with van der Waals surface area (Å²) in [5.41, 5.74) is -0.714. The van der Waals surface area contributed by atoms with Gasteiger partial charge < -0.3 is 5.11 Å². The zero-order valence-electron chi connectivity index (χ0n) is 11.1. The third kappa shape index (κ3) is 2.21. The first-order valence-corrected chi connectivity index (χ1v) is 6.17. The summed E-state index contributed by atoms with van der Waals surface area (Å²) in [6, 6.07) is 0. The Labute approximate surface area is 102 Å². The second kappa shape index (κ2) is 4.07. The van der Waals surface area contributed by atoms with Gasteiger partial charge in [-0.3, -0.25) is 4.90 Å². The average Bonchev–Trinajstić information content (AvgIpc) is 2.70. The van der Waals surface area contributed by atoms with E-state index in [1.54, 1.807) is 6.33 Å². The second-order valence-electron chi connectivity index (χ2n) is 5.79. The molecule has 0 bridgehead atoms. The molecule has 0 aromatic carbocycles. The molecule has 1 aromatic rings. The lowest BCUT2D eigenvalue weighted by molar-refractivity contribution is -0.0111. The normalized spacial score (nSPS) is 28.8. The largest absolute Gasteiger partial charge is 0.388 e. The summed E-state index contributed by atoms with van der Waals surface area (Å²) in [7, 11) is 0. The summed E-state index contributed by atoms with van der Waals surface area (Å²) in [6.45, 7) is 11.4. The molecule has 17 heavy (non-hydrogen) atoms. The molecule has 0 saturated carbocycles. The summed E-state index contributed by atoms with van der Waals surface area (Å²) in [5, 5.41) is 14.5. The number of hydrogen-bond acceptors (Lipinski definition) is 4. The van der Waals surface area contributed by atoms with Crippen LogP contribution < -0.4 is 0 Å². The Morgan fingerprint density at radius 3 is 2.59 bits per heavy atom. The molecule has 1 saturated heterocycles. The highest BCUT2D eigenvalue weighted by atomic mass is 16.3. The molecule has 1 atom stereocenters. The molecule has 1 N–H and O–H groups in total. The summed E-state index contributed by atoms with van der Waals surface area (Å²) >= 11 is 0. The minimum Gasteiger partial charge on any atom is -0.388 e. The Kier molecular flexibility index (Phi) is 2.99. The Morgan fingerprint density at radius 2 is 2.06 bits per heavy atom. The fourth-order valence-electron chi connectivity index (χ4n) is 2.42. The molecule has 1 aliphatic rings. The van der Waals surface area contributed by atoms with Gasteiger partial charge in [-0.25, -0.2) is 9.67 Å². The smallest absolute Gasteiger partial charge is 0.140 e. The van der Waals surface area contributed by atoms with Gasteiger partial charge in [-0.15, -0.1) is 0 Å². The van der Waals surface area contributed by atoms with Crippen molar-refractivity contribution in [2.75, 3.05) is 13.1 Å². The maximum atomic E-state index is 10.4. The first-order valence-electron chi connectivity index (χ1n) is 6.17. The van der Waals surface area contributed by atoms with E-state index in [0.717, 1.165) is 25.5 Å². The average molecular weight is 238 g/mol. The van der Waals surface area contributed by atoms with E-state index in [9.17, 15) is 5.11 Å². The molecular weight excluding hydrogens is 216 g/mol. The zero-order chi connectivity index (χ0) is 12.7. The predicted octanol–water partition coefficient (Wildman–Crippen LogP) is 0.891. The van der Waals surface area contributed by atoms with Gasteiger partial charge in [0.15, 0.2) is 0 Å². The van der Waals surface area contributed by atoms with Gasteiger partial charge in [0.1, 0.15) is 12.2 Å². The molecule has 0 amide bonds. The van der Waals surface area contributed by atoms with Crippen LogP contribution in [0.4, 0.5) is 0 Å². The Hall–Kier alpha value is -0.940. The molecule has 0 radical (unpaired) electrons. The van der Waals surface area contributed by atoms with Crippen molar-refractivity contribution in [2.45, 2.75) is 46.4 Å². The topological polar surface area (TPSA) is 54.2 Å². The van der Waals surface area contributed by atoms with Gasteiger partial charge >= 0.3 is 0 Å². The molecule has 0 unspecified atom stereocenters. The van der Waals surface area contributed by atoms with E-state index < -0.39 is 5.60 Å². The van der Waals surface area contributed by atoms with E-state index in [2.05, 4.69) is 35.8 Å². The Morgan fingerprint density at radius 1 is 1.35 bits per heavy atom. The van der Waals surface area contributed by atoms with Crippen molar-refractivity contribution in [1.82, 2.24) is 19.7 Å². The van der Waals surface area contributed by atoms with E-state index in [1.807, 2.05) is 11.6 Å². The first kappa shape index (κ1) is 12.5. The number of hydrogen-bond donors (Lipinski definition) is 1. The number of likely N-dealkylation sites (tertiary alicyclic amines) is 1. The Balaban J connectivity index is 2.08. The van der Waals surface area contributed by atoms with Crippen molar-refractivity contribution >= 4 is 0 Å². The van der Waals surface area contributed by atoms with Gasteiger partial charge in [0.05, 0.1) is 12.1 Å². The van der Waals surface area contributed by atoms with Gasteiger partial charge in [-0.05, 0) is 13.8 Å². The Bertz CT molecular complexity index is 381. The highest BCUT2D eigenvalue weighted by Gasteiger charge is 2.47. The highest BCUT2D eigenvalue weighted by molar-refractivity contribution is 5.01. The highest BCUT2D eigenvalue weighted by Crippen LogP contribution is 2.38. The van der Waals surface area contributed by atoms with Crippen LogP contribution in [0.2, 0.25) is 0 Å². The van der Waals surface area contributed by atoms with Crippen molar-refractivity contribution in [3.63, 3.8) is 0 Å². The van der Waals surface area contributed by atoms with Gasteiger partial charge in [0.2, 0.25) is 0 Å². The molecule has 0 aliphatic carbocycles. The van der Waals surface area contributed by atoms with Crippen molar-refractivity contribution in [3.05, 3.63) is 12.2 Å². The van der Waals surface area contributed by atoms with Crippen LogP contribution in [0.5, 0.6) is 0 Å². The number of aromatic nitrogens is 3. The number of aliphatic hydroxyl groups is 1. The number of rotatable bonds is 3. The van der Waals surface area contributed by atoms with E-state index >= 15 is 0 Å². The van der Waals surface area contributed by atoms with E-state index in [0.29, 0.717) is 6.54 Å². The van der Waals surface area contributed by atoms with Crippen molar-refractivity contribution < 1.29 is 5.11 Å². The van der Waals surface area contributed by atoms with Crippen LogP contribution in [0, 0.1) is 5.41 Å². The summed E-state index contributed by atoms with van der Waals surface area (Å²) < 4.78 is 1.90. The number of β-amino-alcohol motifs (C(OH)–C–C–N with tert-alkyl or cyclic N) is 1. The van der Waals surface area contributed by atoms with Crippen LogP contribution in [-0.2, 0) is 13.1 Å². The quantitative estimate of drug-likeness (QED) is 0.849. The van der Waals surface area contributed by atoms with Crippen LogP contribution in [0.3, 0.4) is 0 Å². The molecule has 2 rings (SSSR count). The lowest BCUT2D eigenvalue weighted by atomic mass is 9.79. The summed E-state index contributed by atoms with van der Waals surface area (Å²) in [4.78, 5) is 6.52. The fraction of sp³-hybridized carbons (Fsp3) is 0.833. The minimum atomic E-state index is -0.635. The maximum Gasteiger partial charge on any atom is 0.140 e. The SMILES string of the molecule is CCn1ncnc1CN1CC(C)(C)[C@@](C)(O)C1. The summed E-state index contributed by atoms with van der Waals surface area (Å²) in [5.74, 6) is 0.973. The van der Waals surface area contributed by atoms with Gasteiger partial charge in [-0.2, -0.15) is 5.10 Å². The molecule has 1 aromatic heterocycles. The van der Waals surface area contributed by atoms with E-state index in [4.69, 9.17) is 0 Å². The maximum absolute atomic E-state index is 10.4. The predicted molar refractivity (Wildman–Crippen MR) is 65.4 cm³/mol. The van der Waals surface area contributed by atoms with E-state index in [-0.39, 0.29) is 5.41 Å². The number of aryl methyl sites for hydroxylation is 1. The second-order valence-corrected chi connectivity index (χ2v) is 5.79. The van der Waals surface area contributed by atoms with Crippen molar-refractivity contribution in [2.24, 2.45) is 5.41 Å². The van der Waals surface area contributed by atoms with Crippen LogP contribution >= 0.6 is 0 Å². The molecule has 0 spiro atoms. The third-order valence-electron chi connectivity index (χ3n) is 3.97. The van der Waals surface area contributed by atoms with Gasteiger partial charge in [-0.1, -0.05) is 13.8 Å². The van der Waals surface area contributed by atoms with Gasteiger partial charge in [0.25, 0.3) is 0 Å². The van der Waals surface area contributed by atoms with Crippen LogP contribution in [0.15, 0.2) is 6.33 Å².